The number of anilines is 2. The molecular weight excluding hydrogens is 236 g/mol. The molecule has 0 aliphatic rings. The maximum absolute atomic E-state index is 8.93. The van der Waals surface area contributed by atoms with Gasteiger partial charge in [-0.2, -0.15) is 0 Å². The lowest BCUT2D eigenvalue weighted by molar-refractivity contribution is 0.303. The van der Waals surface area contributed by atoms with Gasteiger partial charge in [0.2, 0.25) is 0 Å². The molecule has 0 saturated heterocycles. The monoisotopic (exact) mass is 256 g/mol. The molecule has 1 aromatic rings. The summed E-state index contributed by atoms with van der Waals surface area (Å²) >= 11 is 1.51. The molecule has 5 nitrogen and oxygen atoms in total. The van der Waals surface area contributed by atoms with E-state index < -0.39 is 0 Å². The van der Waals surface area contributed by atoms with Gasteiger partial charge in [0, 0.05) is 26.2 Å². The van der Waals surface area contributed by atoms with Crippen LogP contribution in [0.2, 0.25) is 0 Å². The molecule has 17 heavy (non-hydrogen) atoms. The number of aliphatic hydroxyl groups is 1. The molecule has 1 heterocycles. The van der Waals surface area contributed by atoms with Crippen molar-refractivity contribution >= 4 is 23.4 Å². The summed E-state index contributed by atoms with van der Waals surface area (Å²) in [6.07, 6.45) is 3.01. The first-order valence-electron chi connectivity index (χ1n) is 5.70. The number of hydrogen-bond donors (Lipinski definition) is 2. The fourth-order valence-electron chi connectivity index (χ4n) is 1.31. The Labute approximate surface area is 107 Å². The van der Waals surface area contributed by atoms with Crippen molar-refractivity contribution in [3.8, 4) is 0 Å². The van der Waals surface area contributed by atoms with Gasteiger partial charge in [-0.25, -0.2) is 9.97 Å². The number of likely N-dealkylation sites (N-methyl/N-ethyl adjacent to an activating group) is 1. The second-order valence-corrected chi connectivity index (χ2v) is 4.44. The minimum Gasteiger partial charge on any atom is -0.395 e. The molecular formula is C11H20N4OS. The van der Waals surface area contributed by atoms with E-state index in [-0.39, 0.29) is 6.61 Å². The summed E-state index contributed by atoms with van der Waals surface area (Å²) in [5.74, 6) is 1.67. The first-order chi connectivity index (χ1) is 8.21. The first-order valence-corrected chi connectivity index (χ1v) is 6.92. The van der Waals surface area contributed by atoms with Crippen molar-refractivity contribution in [1.29, 1.82) is 0 Å². The Bertz CT molecular complexity index is 348. The lowest BCUT2D eigenvalue weighted by Crippen LogP contribution is -2.22. The molecule has 0 bridgehead atoms. The zero-order valence-corrected chi connectivity index (χ0v) is 11.4. The number of aromatic nitrogens is 2. The second kappa shape index (κ2) is 7.34. The summed E-state index contributed by atoms with van der Waals surface area (Å²) in [5, 5.41) is 12.9. The number of nitrogens with one attached hydrogen (secondary N) is 1. The van der Waals surface area contributed by atoms with E-state index in [4.69, 9.17) is 5.11 Å². The predicted octanol–water partition coefficient (Wildman–Crippen LogP) is 1.45. The van der Waals surface area contributed by atoms with E-state index in [1.165, 1.54) is 11.8 Å². The van der Waals surface area contributed by atoms with Gasteiger partial charge in [-0.3, -0.25) is 0 Å². The number of aliphatic hydroxyl groups excluding tert-OH is 1. The lowest BCUT2D eigenvalue weighted by Gasteiger charge is -2.18. The van der Waals surface area contributed by atoms with Crippen LogP contribution in [0.25, 0.3) is 0 Å². The van der Waals surface area contributed by atoms with Crippen LogP contribution >= 0.6 is 11.8 Å². The van der Waals surface area contributed by atoms with E-state index >= 15 is 0 Å². The molecule has 0 spiro atoms. The number of thioether (sulfide) groups is 1. The van der Waals surface area contributed by atoms with Crippen LogP contribution in [0.15, 0.2) is 11.2 Å². The Morgan fingerprint density at radius 2 is 2.24 bits per heavy atom. The Kier molecular flexibility index (Phi) is 6.07. The highest BCUT2D eigenvalue weighted by atomic mass is 32.2. The van der Waals surface area contributed by atoms with E-state index in [0.29, 0.717) is 6.54 Å². The summed E-state index contributed by atoms with van der Waals surface area (Å²) in [7, 11) is 1.91. The van der Waals surface area contributed by atoms with Gasteiger partial charge in [0.15, 0.2) is 5.16 Å². The Balaban J connectivity index is 2.88. The van der Waals surface area contributed by atoms with Crippen LogP contribution in [0.4, 0.5) is 11.6 Å². The Morgan fingerprint density at radius 3 is 2.82 bits per heavy atom. The van der Waals surface area contributed by atoms with Crippen LogP contribution in [0.5, 0.6) is 0 Å². The highest BCUT2D eigenvalue weighted by molar-refractivity contribution is 7.98. The molecule has 1 aromatic heterocycles. The van der Waals surface area contributed by atoms with Crippen molar-refractivity contribution in [2.45, 2.75) is 18.5 Å². The molecule has 0 unspecified atom stereocenters. The van der Waals surface area contributed by atoms with Crippen LogP contribution in [0.1, 0.15) is 13.3 Å². The molecule has 6 heteroatoms. The Morgan fingerprint density at radius 1 is 1.47 bits per heavy atom. The molecule has 0 aromatic carbocycles. The van der Waals surface area contributed by atoms with Gasteiger partial charge in [0.05, 0.1) is 6.61 Å². The minimum absolute atomic E-state index is 0.118. The fraction of sp³-hybridized carbons (Fsp3) is 0.636. The topological polar surface area (TPSA) is 61.3 Å². The fourth-order valence-corrected chi connectivity index (χ4v) is 1.68. The molecule has 0 saturated carbocycles. The van der Waals surface area contributed by atoms with E-state index in [0.717, 1.165) is 29.8 Å². The third-order valence-electron chi connectivity index (χ3n) is 2.26. The maximum Gasteiger partial charge on any atom is 0.191 e. The van der Waals surface area contributed by atoms with Gasteiger partial charge in [0.25, 0.3) is 0 Å². The first kappa shape index (κ1) is 14.1. The van der Waals surface area contributed by atoms with Gasteiger partial charge in [-0.1, -0.05) is 18.7 Å². The summed E-state index contributed by atoms with van der Waals surface area (Å²) in [4.78, 5) is 10.7. The normalized spacial score (nSPS) is 10.4. The van der Waals surface area contributed by atoms with Crippen LogP contribution in [0, 0.1) is 0 Å². The van der Waals surface area contributed by atoms with Crippen molar-refractivity contribution < 1.29 is 5.11 Å². The van der Waals surface area contributed by atoms with Crippen molar-refractivity contribution in [3.05, 3.63) is 6.07 Å². The zero-order valence-electron chi connectivity index (χ0n) is 10.6. The number of rotatable bonds is 7. The van der Waals surface area contributed by atoms with Crippen molar-refractivity contribution in [1.82, 2.24) is 9.97 Å². The maximum atomic E-state index is 8.93. The molecule has 1 rings (SSSR count). The molecule has 0 aliphatic carbocycles. The van der Waals surface area contributed by atoms with Crippen LogP contribution in [-0.2, 0) is 0 Å². The average molecular weight is 256 g/mol. The molecule has 96 valence electrons. The van der Waals surface area contributed by atoms with Crippen LogP contribution < -0.4 is 10.2 Å². The van der Waals surface area contributed by atoms with Crippen molar-refractivity contribution in [2.24, 2.45) is 0 Å². The van der Waals surface area contributed by atoms with Crippen LogP contribution in [0.3, 0.4) is 0 Å². The molecule has 0 radical (unpaired) electrons. The number of nitrogens with zero attached hydrogens (tertiary/aromatic N) is 3. The van der Waals surface area contributed by atoms with Gasteiger partial charge >= 0.3 is 0 Å². The molecule has 0 fully saturated rings. The summed E-state index contributed by atoms with van der Waals surface area (Å²) < 4.78 is 0. The summed E-state index contributed by atoms with van der Waals surface area (Å²) in [6, 6.07) is 1.91. The molecule has 0 atom stereocenters. The summed E-state index contributed by atoms with van der Waals surface area (Å²) in [6.45, 7) is 3.70. The smallest absolute Gasteiger partial charge is 0.191 e. The van der Waals surface area contributed by atoms with Gasteiger partial charge in [-0.15, -0.1) is 0 Å². The lowest BCUT2D eigenvalue weighted by atomic mass is 10.4. The SMILES string of the molecule is CCCNc1cc(N(C)CCO)nc(SC)n1. The van der Waals surface area contributed by atoms with E-state index in [2.05, 4.69) is 22.2 Å². The van der Waals surface area contributed by atoms with Crippen molar-refractivity contribution in [2.75, 3.05) is 43.2 Å². The number of hydrogen-bond acceptors (Lipinski definition) is 6. The van der Waals surface area contributed by atoms with Gasteiger partial charge in [0.1, 0.15) is 11.6 Å². The van der Waals surface area contributed by atoms with Gasteiger partial charge < -0.3 is 15.3 Å². The molecule has 0 amide bonds. The predicted molar refractivity (Wildman–Crippen MR) is 72.9 cm³/mol. The summed E-state index contributed by atoms with van der Waals surface area (Å²) in [5.41, 5.74) is 0. The average Bonchev–Trinajstić information content (AvgIpc) is 2.36. The van der Waals surface area contributed by atoms with E-state index in [9.17, 15) is 0 Å². The largest absolute Gasteiger partial charge is 0.395 e. The van der Waals surface area contributed by atoms with E-state index in [1.807, 2.05) is 24.3 Å². The third-order valence-corrected chi connectivity index (χ3v) is 2.81. The quantitative estimate of drug-likeness (QED) is 0.569. The molecule has 0 aliphatic heterocycles. The van der Waals surface area contributed by atoms with E-state index in [1.54, 1.807) is 0 Å². The third kappa shape index (κ3) is 4.40. The Hall–Kier alpha value is -1.01. The zero-order chi connectivity index (χ0) is 12.7. The highest BCUT2D eigenvalue weighted by Gasteiger charge is 2.07. The standard InChI is InChI=1S/C11H20N4OS/c1-4-5-12-9-8-10(15(2)6-7-16)14-11(13-9)17-3/h8,16H,4-7H2,1-3H3,(H,12,13,14). The van der Waals surface area contributed by atoms with Gasteiger partial charge in [-0.05, 0) is 12.7 Å². The van der Waals surface area contributed by atoms with Crippen molar-refractivity contribution in [3.63, 3.8) is 0 Å². The molecule has 2 N–H and O–H groups in total. The second-order valence-electron chi connectivity index (χ2n) is 3.67. The highest BCUT2D eigenvalue weighted by Crippen LogP contribution is 2.19. The minimum atomic E-state index is 0.118. The van der Waals surface area contributed by atoms with Crippen LogP contribution in [-0.4, -0.2) is 48.1 Å².